The number of benzene rings is 1. The third kappa shape index (κ3) is 3.32. The van der Waals surface area contributed by atoms with Crippen molar-refractivity contribution in [2.75, 3.05) is 13.1 Å². The van der Waals surface area contributed by atoms with E-state index in [1.807, 2.05) is 0 Å². The summed E-state index contributed by atoms with van der Waals surface area (Å²) >= 11 is 0. The highest BCUT2D eigenvalue weighted by Crippen LogP contribution is 2.28. The van der Waals surface area contributed by atoms with Gasteiger partial charge in [-0.05, 0) is 37.3 Å². The van der Waals surface area contributed by atoms with E-state index in [2.05, 4.69) is 49.9 Å². The first-order valence-electron chi connectivity index (χ1n) is 6.98. The smallest absolute Gasteiger partial charge is 0.116 e. The van der Waals surface area contributed by atoms with Crippen molar-refractivity contribution in [1.82, 2.24) is 4.90 Å². The van der Waals surface area contributed by atoms with Gasteiger partial charge in [-0.2, -0.15) is 0 Å². The number of nitrogens with zero attached hydrogens (tertiary/aromatic N) is 1. The zero-order valence-electron chi connectivity index (χ0n) is 11.7. The molecule has 1 heterocycles. The van der Waals surface area contributed by atoms with Crippen LogP contribution in [0.2, 0.25) is 0 Å². The van der Waals surface area contributed by atoms with Crippen molar-refractivity contribution in [3.05, 3.63) is 35.4 Å². The molecule has 1 saturated heterocycles. The van der Waals surface area contributed by atoms with Gasteiger partial charge in [0.05, 0.1) is 0 Å². The van der Waals surface area contributed by atoms with Crippen LogP contribution in [0.4, 0.5) is 4.39 Å². The SMILES string of the molecule is Cc1cccc(CN2CCC(C(C)C)C(F)C2)c1. The molecular formula is C16H24FN. The second-order valence-corrected chi connectivity index (χ2v) is 5.94. The first-order chi connectivity index (χ1) is 8.56. The molecule has 2 unspecified atom stereocenters. The molecule has 2 atom stereocenters. The molecule has 2 heteroatoms. The number of hydrogen-bond acceptors (Lipinski definition) is 1. The van der Waals surface area contributed by atoms with Crippen molar-refractivity contribution in [2.45, 2.75) is 39.9 Å². The average molecular weight is 249 g/mol. The average Bonchev–Trinajstić information content (AvgIpc) is 2.28. The Kier molecular flexibility index (Phi) is 4.39. The lowest BCUT2D eigenvalue weighted by Gasteiger charge is -2.36. The van der Waals surface area contributed by atoms with Gasteiger partial charge in [-0.1, -0.05) is 43.7 Å². The van der Waals surface area contributed by atoms with Gasteiger partial charge in [-0.15, -0.1) is 0 Å². The molecule has 0 saturated carbocycles. The molecule has 0 aromatic heterocycles. The summed E-state index contributed by atoms with van der Waals surface area (Å²) in [6.07, 6.45) is 0.327. The van der Waals surface area contributed by atoms with Crippen LogP contribution in [0, 0.1) is 18.8 Å². The number of likely N-dealkylation sites (tertiary alicyclic amines) is 1. The van der Waals surface area contributed by atoms with Gasteiger partial charge in [0.2, 0.25) is 0 Å². The van der Waals surface area contributed by atoms with Gasteiger partial charge in [0.1, 0.15) is 6.17 Å². The van der Waals surface area contributed by atoms with E-state index in [0.29, 0.717) is 12.5 Å². The Morgan fingerprint density at radius 3 is 2.78 bits per heavy atom. The minimum atomic E-state index is -0.663. The third-order valence-corrected chi connectivity index (χ3v) is 4.02. The fraction of sp³-hybridized carbons (Fsp3) is 0.625. The van der Waals surface area contributed by atoms with E-state index < -0.39 is 6.17 Å². The highest BCUT2D eigenvalue weighted by molar-refractivity contribution is 5.22. The molecule has 1 fully saturated rings. The number of aryl methyl sites for hydroxylation is 1. The molecular weight excluding hydrogens is 225 g/mol. The summed E-state index contributed by atoms with van der Waals surface area (Å²) in [7, 11) is 0. The van der Waals surface area contributed by atoms with Crippen molar-refractivity contribution >= 4 is 0 Å². The van der Waals surface area contributed by atoms with Crippen LogP contribution in [0.3, 0.4) is 0 Å². The second kappa shape index (κ2) is 5.83. The first-order valence-corrected chi connectivity index (χ1v) is 6.98. The Labute approximate surface area is 110 Å². The largest absolute Gasteiger partial charge is 0.296 e. The van der Waals surface area contributed by atoms with Gasteiger partial charge < -0.3 is 0 Å². The first kappa shape index (κ1) is 13.5. The molecule has 1 aromatic carbocycles. The normalized spacial score (nSPS) is 25.6. The maximum absolute atomic E-state index is 14.1. The molecule has 0 aliphatic carbocycles. The lowest BCUT2D eigenvalue weighted by atomic mass is 9.85. The molecule has 18 heavy (non-hydrogen) atoms. The van der Waals surface area contributed by atoms with Crippen molar-refractivity contribution < 1.29 is 4.39 Å². The van der Waals surface area contributed by atoms with E-state index in [4.69, 9.17) is 0 Å². The summed E-state index contributed by atoms with van der Waals surface area (Å²) in [5.74, 6) is 0.708. The van der Waals surface area contributed by atoms with Gasteiger partial charge in [-0.3, -0.25) is 4.90 Å². The van der Waals surface area contributed by atoms with E-state index in [1.165, 1.54) is 11.1 Å². The zero-order valence-corrected chi connectivity index (χ0v) is 11.7. The zero-order chi connectivity index (χ0) is 13.1. The Hall–Kier alpha value is -0.890. The van der Waals surface area contributed by atoms with Gasteiger partial charge >= 0.3 is 0 Å². The van der Waals surface area contributed by atoms with Crippen LogP contribution in [0.25, 0.3) is 0 Å². The summed E-state index contributed by atoms with van der Waals surface area (Å²) in [6, 6.07) is 8.52. The predicted molar refractivity (Wildman–Crippen MR) is 74.3 cm³/mol. The molecule has 0 amide bonds. The predicted octanol–water partition coefficient (Wildman–Crippen LogP) is 3.81. The molecule has 1 aromatic rings. The van der Waals surface area contributed by atoms with E-state index in [9.17, 15) is 4.39 Å². The van der Waals surface area contributed by atoms with E-state index >= 15 is 0 Å². The van der Waals surface area contributed by atoms with Gasteiger partial charge in [-0.25, -0.2) is 4.39 Å². The Bertz CT molecular complexity index is 388. The highest BCUT2D eigenvalue weighted by Gasteiger charge is 2.30. The standard InChI is InChI=1S/C16H24FN/c1-12(2)15-7-8-18(11-16(15)17)10-14-6-4-5-13(3)9-14/h4-6,9,12,15-16H,7-8,10-11H2,1-3H3. The molecule has 100 valence electrons. The van der Waals surface area contributed by atoms with E-state index in [-0.39, 0.29) is 5.92 Å². The summed E-state index contributed by atoms with van der Waals surface area (Å²) in [5, 5.41) is 0. The van der Waals surface area contributed by atoms with Crippen LogP contribution < -0.4 is 0 Å². The molecule has 0 bridgehead atoms. The van der Waals surface area contributed by atoms with Crippen LogP contribution in [0.15, 0.2) is 24.3 Å². The summed E-state index contributed by atoms with van der Waals surface area (Å²) in [4.78, 5) is 2.25. The lowest BCUT2D eigenvalue weighted by molar-refractivity contribution is 0.0574. The summed E-state index contributed by atoms with van der Waals surface area (Å²) in [5.41, 5.74) is 2.58. The van der Waals surface area contributed by atoms with Crippen molar-refractivity contribution in [3.8, 4) is 0 Å². The van der Waals surface area contributed by atoms with E-state index in [1.54, 1.807) is 0 Å². The van der Waals surface area contributed by atoms with Crippen LogP contribution in [-0.2, 0) is 6.54 Å². The van der Waals surface area contributed by atoms with Crippen LogP contribution in [0.5, 0.6) is 0 Å². The Morgan fingerprint density at radius 1 is 1.39 bits per heavy atom. The fourth-order valence-electron chi connectivity index (χ4n) is 2.95. The summed E-state index contributed by atoms with van der Waals surface area (Å²) < 4.78 is 14.1. The Balaban J connectivity index is 1.93. The minimum absolute atomic E-state index is 0.249. The van der Waals surface area contributed by atoms with Crippen molar-refractivity contribution in [3.63, 3.8) is 0 Å². The van der Waals surface area contributed by atoms with Crippen molar-refractivity contribution in [1.29, 1.82) is 0 Å². The molecule has 0 spiro atoms. The fourth-order valence-corrected chi connectivity index (χ4v) is 2.95. The highest BCUT2D eigenvalue weighted by atomic mass is 19.1. The topological polar surface area (TPSA) is 3.24 Å². The monoisotopic (exact) mass is 249 g/mol. The quantitative estimate of drug-likeness (QED) is 0.787. The molecule has 0 radical (unpaired) electrons. The molecule has 1 nitrogen and oxygen atoms in total. The lowest BCUT2D eigenvalue weighted by Crippen LogP contribution is -2.43. The minimum Gasteiger partial charge on any atom is -0.296 e. The summed E-state index contributed by atoms with van der Waals surface area (Å²) in [6.45, 7) is 8.87. The third-order valence-electron chi connectivity index (χ3n) is 4.02. The second-order valence-electron chi connectivity index (χ2n) is 5.94. The van der Waals surface area contributed by atoms with Crippen LogP contribution >= 0.6 is 0 Å². The van der Waals surface area contributed by atoms with Crippen LogP contribution in [0.1, 0.15) is 31.4 Å². The van der Waals surface area contributed by atoms with Crippen molar-refractivity contribution in [2.24, 2.45) is 11.8 Å². The molecule has 0 N–H and O–H groups in total. The number of alkyl halides is 1. The Morgan fingerprint density at radius 2 is 2.17 bits per heavy atom. The van der Waals surface area contributed by atoms with Gasteiger partial charge in [0.25, 0.3) is 0 Å². The number of piperidine rings is 1. The maximum Gasteiger partial charge on any atom is 0.116 e. The van der Waals surface area contributed by atoms with Gasteiger partial charge in [0.15, 0.2) is 0 Å². The number of halogens is 1. The molecule has 1 aliphatic heterocycles. The van der Waals surface area contributed by atoms with Gasteiger partial charge in [0, 0.05) is 13.1 Å². The maximum atomic E-state index is 14.1. The molecule has 1 aliphatic rings. The molecule has 2 rings (SSSR count). The van der Waals surface area contributed by atoms with E-state index in [0.717, 1.165) is 19.5 Å². The number of rotatable bonds is 3. The van der Waals surface area contributed by atoms with Crippen LogP contribution in [-0.4, -0.2) is 24.2 Å². The number of hydrogen-bond donors (Lipinski definition) is 0.